The van der Waals surface area contributed by atoms with Gasteiger partial charge in [0.25, 0.3) is 5.91 Å². The van der Waals surface area contributed by atoms with Crippen LogP contribution in [0.25, 0.3) is 5.69 Å². The molecule has 2 aromatic carbocycles. The molecule has 0 radical (unpaired) electrons. The van der Waals surface area contributed by atoms with E-state index in [1.807, 2.05) is 42.6 Å². The smallest absolute Gasteiger partial charge is 0.325 e. The number of carbonyl (C=O) groups is 3. The lowest BCUT2D eigenvalue weighted by Gasteiger charge is -2.33. The predicted molar refractivity (Wildman–Crippen MR) is 119 cm³/mol. The number of para-hydroxylation sites is 2. The van der Waals surface area contributed by atoms with Crippen molar-refractivity contribution in [1.82, 2.24) is 24.9 Å². The predicted octanol–water partition coefficient (Wildman–Crippen LogP) is 2.06. The number of urea groups is 1. The number of hydrogen-bond acceptors (Lipinski definition) is 5. The average Bonchev–Trinajstić information content (AvgIpc) is 3.39. The number of imide groups is 1. The maximum Gasteiger partial charge on any atom is 0.325 e. The first-order chi connectivity index (χ1) is 16.0. The minimum absolute atomic E-state index is 0.302. The Morgan fingerprint density at radius 1 is 1.15 bits per heavy atom. The Morgan fingerprint density at radius 3 is 2.73 bits per heavy atom. The number of benzene rings is 2. The van der Waals surface area contributed by atoms with Gasteiger partial charge in [-0.1, -0.05) is 36.4 Å². The third-order valence-electron chi connectivity index (χ3n) is 6.05. The molecular formula is C24H23N5O4. The fourth-order valence-electron chi connectivity index (χ4n) is 4.30. The molecule has 5 rings (SSSR count). The van der Waals surface area contributed by atoms with Crippen molar-refractivity contribution >= 4 is 17.8 Å². The number of fused-ring (bicyclic) bond motifs is 2. The quantitative estimate of drug-likeness (QED) is 0.607. The lowest BCUT2D eigenvalue weighted by molar-refractivity contribution is -0.139. The topological polar surface area (TPSA) is 96.8 Å². The zero-order chi connectivity index (χ0) is 23.0. The molecule has 9 nitrogen and oxygen atoms in total. The molecule has 2 aliphatic rings. The van der Waals surface area contributed by atoms with Crippen LogP contribution in [0.2, 0.25) is 0 Å². The van der Waals surface area contributed by atoms with Crippen LogP contribution < -0.4 is 10.1 Å². The van der Waals surface area contributed by atoms with Crippen molar-refractivity contribution in [3.8, 4) is 11.4 Å². The lowest BCUT2D eigenvalue weighted by atomic mass is 9.84. The molecule has 3 heterocycles. The fraction of sp³-hybridized carbons (Fsp3) is 0.250. The standard InChI is InChI=1S/C24H23N5O4/c1-27(14-17-13-25-29(15-17)18-7-3-2-4-8-18)21(30)16-28-22(31)24(26-23(28)32)11-12-33-20-10-6-5-9-19(20)24/h2-10,13,15H,11-12,14,16H2,1H3,(H,26,32)/t24-/m0/s1. The minimum atomic E-state index is -1.19. The first-order valence-corrected chi connectivity index (χ1v) is 10.7. The highest BCUT2D eigenvalue weighted by atomic mass is 16.5. The first kappa shape index (κ1) is 20.7. The number of hydrogen-bond donors (Lipinski definition) is 1. The molecule has 2 aliphatic heterocycles. The van der Waals surface area contributed by atoms with E-state index >= 15 is 0 Å². The summed E-state index contributed by atoms with van der Waals surface area (Å²) in [5, 5.41) is 7.16. The second-order valence-corrected chi connectivity index (χ2v) is 8.20. The van der Waals surface area contributed by atoms with Crippen molar-refractivity contribution in [1.29, 1.82) is 0 Å². The van der Waals surface area contributed by atoms with E-state index in [1.165, 1.54) is 4.90 Å². The van der Waals surface area contributed by atoms with Crippen molar-refractivity contribution in [2.75, 3.05) is 20.2 Å². The third kappa shape index (κ3) is 3.61. The van der Waals surface area contributed by atoms with E-state index in [1.54, 1.807) is 36.1 Å². The largest absolute Gasteiger partial charge is 0.493 e. The molecule has 9 heteroatoms. The number of carbonyl (C=O) groups excluding carboxylic acids is 3. The van der Waals surface area contributed by atoms with Gasteiger partial charge in [-0.3, -0.25) is 14.5 Å². The SMILES string of the molecule is CN(Cc1cnn(-c2ccccc2)c1)C(=O)CN1C(=O)N[C@]2(CCOc3ccccc32)C1=O. The molecule has 4 amide bonds. The van der Waals surface area contributed by atoms with Crippen LogP contribution in [0, 0.1) is 0 Å². The fourth-order valence-corrected chi connectivity index (χ4v) is 4.30. The summed E-state index contributed by atoms with van der Waals surface area (Å²) in [6, 6.07) is 16.2. The highest BCUT2D eigenvalue weighted by molar-refractivity contribution is 6.09. The maximum atomic E-state index is 13.3. The average molecular weight is 445 g/mol. The molecule has 1 aromatic heterocycles. The summed E-state index contributed by atoms with van der Waals surface area (Å²) in [6.45, 7) is 0.270. The summed E-state index contributed by atoms with van der Waals surface area (Å²) in [4.78, 5) is 41.4. The second-order valence-electron chi connectivity index (χ2n) is 8.20. The second kappa shape index (κ2) is 8.09. The number of nitrogens with one attached hydrogen (secondary N) is 1. The van der Waals surface area contributed by atoms with Crippen LogP contribution in [0.3, 0.4) is 0 Å². The molecular weight excluding hydrogens is 422 g/mol. The number of nitrogens with zero attached hydrogens (tertiary/aromatic N) is 4. The van der Waals surface area contributed by atoms with E-state index < -0.39 is 17.5 Å². The summed E-state index contributed by atoms with van der Waals surface area (Å²) in [5.74, 6) is -0.205. The summed E-state index contributed by atoms with van der Waals surface area (Å²) < 4.78 is 7.38. The summed E-state index contributed by atoms with van der Waals surface area (Å²) in [6.07, 6.45) is 3.85. The molecule has 1 N–H and O–H groups in total. The summed E-state index contributed by atoms with van der Waals surface area (Å²) in [5.41, 5.74) is 1.17. The monoisotopic (exact) mass is 445 g/mol. The van der Waals surface area contributed by atoms with Crippen molar-refractivity contribution in [3.63, 3.8) is 0 Å². The molecule has 0 saturated carbocycles. The molecule has 168 valence electrons. The van der Waals surface area contributed by atoms with Crippen LogP contribution >= 0.6 is 0 Å². The van der Waals surface area contributed by atoms with Gasteiger partial charge in [-0.2, -0.15) is 5.10 Å². The Hall–Kier alpha value is -4.14. The number of amides is 4. The van der Waals surface area contributed by atoms with Crippen molar-refractivity contribution in [2.45, 2.75) is 18.5 Å². The lowest BCUT2D eigenvalue weighted by Crippen LogP contribution is -2.48. The van der Waals surface area contributed by atoms with Gasteiger partial charge in [0.05, 0.1) is 18.5 Å². The Kier molecular flexibility index (Phi) is 5.08. The summed E-state index contributed by atoms with van der Waals surface area (Å²) in [7, 11) is 1.64. The minimum Gasteiger partial charge on any atom is -0.493 e. The van der Waals surface area contributed by atoms with Crippen molar-refractivity contribution in [2.24, 2.45) is 0 Å². The van der Waals surface area contributed by atoms with Crippen LogP contribution in [0.15, 0.2) is 67.0 Å². The van der Waals surface area contributed by atoms with Crippen LogP contribution in [0.5, 0.6) is 5.75 Å². The van der Waals surface area contributed by atoms with Crippen LogP contribution in [-0.4, -0.2) is 57.6 Å². The Labute approximate surface area is 190 Å². The van der Waals surface area contributed by atoms with E-state index in [4.69, 9.17) is 4.74 Å². The van der Waals surface area contributed by atoms with Crippen LogP contribution in [0.1, 0.15) is 17.5 Å². The van der Waals surface area contributed by atoms with Gasteiger partial charge in [0.1, 0.15) is 12.3 Å². The molecule has 0 unspecified atom stereocenters. The van der Waals surface area contributed by atoms with Gasteiger partial charge >= 0.3 is 6.03 Å². The number of aromatic nitrogens is 2. The molecule has 0 aliphatic carbocycles. The van der Waals surface area contributed by atoms with E-state index in [-0.39, 0.29) is 12.5 Å². The third-order valence-corrected chi connectivity index (χ3v) is 6.05. The number of likely N-dealkylation sites (N-methyl/N-ethyl adjacent to an activating group) is 1. The number of ether oxygens (including phenoxy) is 1. The maximum absolute atomic E-state index is 13.3. The zero-order valence-corrected chi connectivity index (χ0v) is 18.1. The van der Waals surface area contributed by atoms with Crippen LogP contribution in [-0.2, 0) is 21.7 Å². The van der Waals surface area contributed by atoms with Crippen molar-refractivity contribution < 1.29 is 19.1 Å². The van der Waals surface area contributed by atoms with Gasteiger partial charge in [0.2, 0.25) is 5.91 Å². The first-order valence-electron chi connectivity index (χ1n) is 10.7. The van der Waals surface area contributed by atoms with Gasteiger partial charge < -0.3 is 15.0 Å². The molecule has 1 saturated heterocycles. The van der Waals surface area contributed by atoms with E-state index in [0.29, 0.717) is 30.9 Å². The summed E-state index contributed by atoms with van der Waals surface area (Å²) >= 11 is 0. The molecule has 3 aromatic rings. The van der Waals surface area contributed by atoms with Crippen molar-refractivity contribution in [3.05, 3.63) is 78.1 Å². The number of rotatable bonds is 5. The van der Waals surface area contributed by atoms with E-state index in [9.17, 15) is 14.4 Å². The van der Waals surface area contributed by atoms with Gasteiger partial charge in [0.15, 0.2) is 5.54 Å². The highest BCUT2D eigenvalue weighted by Gasteiger charge is 2.55. The van der Waals surface area contributed by atoms with Gasteiger partial charge in [-0.15, -0.1) is 0 Å². The van der Waals surface area contributed by atoms with Gasteiger partial charge in [-0.05, 0) is 18.2 Å². The Balaban J connectivity index is 1.28. The van der Waals surface area contributed by atoms with E-state index in [0.717, 1.165) is 16.2 Å². The van der Waals surface area contributed by atoms with Gasteiger partial charge in [-0.25, -0.2) is 9.48 Å². The normalized spacial score (nSPS) is 19.2. The molecule has 1 spiro atoms. The molecule has 1 atom stereocenters. The molecule has 33 heavy (non-hydrogen) atoms. The Morgan fingerprint density at radius 2 is 1.91 bits per heavy atom. The zero-order valence-electron chi connectivity index (χ0n) is 18.1. The van der Waals surface area contributed by atoms with Gasteiger partial charge in [0, 0.05) is 37.3 Å². The van der Waals surface area contributed by atoms with E-state index in [2.05, 4.69) is 10.4 Å². The highest BCUT2D eigenvalue weighted by Crippen LogP contribution is 2.40. The molecule has 0 bridgehead atoms. The Bertz CT molecular complexity index is 1220. The van der Waals surface area contributed by atoms with Crippen LogP contribution in [0.4, 0.5) is 4.79 Å². The molecule has 1 fully saturated rings.